The summed E-state index contributed by atoms with van der Waals surface area (Å²) in [4.78, 5) is 2.57. The first-order chi connectivity index (χ1) is 12.2. The molecule has 3 atom stereocenters. The zero-order valence-corrected chi connectivity index (χ0v) is 16.8. The van der Waals surface area contributed by atoms with Gasteiger partial charge in [0, 0.05) is 12.1 Å². The van der Waals surface area contributed by atoms with Crippen LogP contribution in [0.15, 0.2) is 24.3 Å². The molecule has 0 spiro atoms. The van der Waals surface area contributed by atoms with Gasteiger partial charge in [0.2, 0.25) is 0 Å². The normalized spacial score (nSPS) is 33.3. The molecular weight excluding hydrogens is 325 g/mol. The second-order valence-corrected chi connectivity index (χ2v) is 9.27. The van der Waals surface area contributed by atoms with E-state index >= 15 is 0 Å². The summed E-state index contributed by atoms with van der Waals surface area (Å²) in [5, 5.41) is 0. The van der Waals surface area contributed by atoms with Crippen LogP contribution in [0.3, 0.4) is 0 Å². The number of fused-ring (bicyclic) bond motifs is 2. The second kappa shape index (κ2) is 6.54. The molecule has 0 aromatic heterocycles. The topological polar surface area (TPSA) is 30.9 Å². The molecule has 4 rings (SSSR count). The Hall–Kier alpha value is -1.04. The van der Waals surface area contributed by atoms with Gasteiger partial charge in [-0.1, -0.05) is 18.6 Å². The molecule has 1 aromatic carbocycles. The molecule has 0 unspecified atom stereocenters. The maximum absolute atomic E-state index is 6.33. The lowest BCUT2D eigenvalue weighted by atomic mass is 9.79. The highest BCUT2D eigenvalue weighted by atomic mass is 16.7. The summed E-state index contributed by atoms with van der Waals surface area (Å²) in [7, 11) is 1.97. The van der Waals surface area contributed by atoms with E-state index in [1.165, 1.54) is 19.3 Å². The lowest BCUT2D eigenvalue weighted by Crippen LogP contribution is -2.52. The Bertz CT molecular complexity index is 615. The van der Waals surface area contributed by atoms with Crippen molar-refractivity contribution in [1.29, 1.82) is 0 Å². The minimum Gasteiger partial charge on any atom is -0.490 e. The third-order valence-corrected chi connectivity index (χ3v) is 7.00. The van der Waals surface area contributed by atoms with E-state index < -0.39 is 0 Å². The largest absolute Gasteiger partial charge is 0.494 e. The quantitative estimate of drug-likeness (QED) is 0.776. The molecule has 3 heterocycles. The molecule has 3 aliphatic heterocycles. The number of piperidine rings is 2. The molecule has 0 saturated carbocycles. The van der Waals surface area contributed by atoms with Crippen molar-refractivity contribution >= 4 is 12.6 Å². The molecule has 142 valence electrons. The van der Waals surface area contributed by atoms with Crippen LogP contribution in [0.4, 0.5) is 0 Å². The van der Waals surface area contributed by atoms with Crippen molar-refractivity contribution in [3.63, 3.8) is 0 Å². The highest BCUT2D eigenvalue weighted by molar-refractivity contribution is 6.62. The molecule has 0 N–H and O–H groups in total. The van der Waals surface area contributed by atoms with Gasteiger partial charge in [0.05, 0.1) is 11.2 Å². The van der Waals surface area contributed by atoms with Crippen LogP contribution in [0, 0.1) is 0 Å². The third-order valence-electron chi connectivity index (χ3n) is 7.00. The summed E-state index contributed by atoms with van der Waals surface area (Å²) in [6.45, 7) is 8.34. The molecule has 5 heteroatoms. The molecule has 0 aliphatic carbocycles. The van der Waals surface area contributed by atoms with E-state index in [1.54, 1.807) is 0 Å². The van der Waals surface area contributed by atoms with Crippen LogP contribution in [0.5, 0.6) is 5.75 Å². The Balaban J connectivity index is 1.40. The Morgan fingerprint density at radius 2 is 1.50 bits per heavy atom. The van der Waals surface area contributed by atoms with Gasteiger partial charge in [0.1, 0.15) is 11.9 Å². The average molecular weight is 357 g/mol. The number of hydrogen-bond donors (Lipinski definition) is 0. The van der Waals surface area contributed by atoms with E-state index in [1.807, 2.05) is 0 Å². The summed E-state index contributed by atoms with van der Waals surface area (Å²) in [6.07, 6.45) is 6.62. The van der Waals surface area contributed by atoms with E-state index in [-0.39, 0.29) is 18.3 Å². The SMILES string of the molecule is CN1[C@@H]2CCC[C@H]1C[C@H](Oc1ccc(B3OC(C)(C)C(C)(C)O3)cc1)C2. The van der Waals surface area contributed by atoms with Gasteiger partial charge in [0.25, 0.3) is 0 Å². The van der Waals surface area contributed by atoms with E-state index in [2.05, 4.69) is 63.9 Å². The zero-order chi connectivity index (χ0) is 18.5. The zero-order valence-electron chi connectivity index (χ0n) is 16.8. The molecular formula is C21H32BNO3. The number of nitrogens with zero attached hydrogens (tertiary/aromatic N) is 1. The van der Waals surface area contributed by atoms with Crippen molar-refractivity contribution < 1.29 is 14.0 Å². The number of ether oxygens (including phenoxy) is 1. The van der Waals surface area contributed by atoms with E-state index in [9.17, 15) is 0 Å². The van der Waals surface area contributed by atoms with Gasteiger partial charge in [-0.05, 0) is 78.0 Å². The van der Waals surface area contributed by atoms with Crippen LogP contribution < -0.4 is 10.2 Å². The summed E-state index contributed by atoms with van der Waals surface area (Å²) < 4.78 is 18.6. The minimum atomic E-state index is -0.309. The van der Waals surface area contributed by atoms with Crippen molar-refractivity contribution in [1.82, 2.24) is 4.90 Å². The highest BCUT2D eigenvalue weighted by Crippen LogP contribution is 2.37. The first kappa shape index (κ1) is 18.3. The van der Waals surface area contributed by atoms with Gasteiger partial charge in [-0.25, -0.2) is 0 Å². The minimum absolute atomic E-state index is 0.307. The molecule has 0 amide bonds. The van der Waals surface area contributed by atoms with Gasteiger partial charge < -0.3 is 18.9 Å². The molecule has 3 saturated heterocycles. The van der Waals surface area contributed by atoms with Crippen LogP contribution in [0.1, 0.15) is 59.8 Å². The van der Waals surface area contributed by atoms with Crippen molar-refractivity contribution in [2.24, 2.45) is 0 Å². The maximum atomic E-state index is 6.33. The van der Waals surface area contributed by atoms with Crippen LogP contribution in [-0.4, -0.2) is 48.5 Å². The highest BCUT2D eigenvalue weighted by Gasteiger charge is 2.51. The monoisotopic (exact) mass is 357 g/mol. The summed E-state index contributed by atoms with van der Waals surface area (Å²) >= 11 is 0. The van der Waals surface area contributed by atoms with Crippen molar-refractivity contribution in [3.05, 3.63) is 24.3 Å². The Labute approximate surface area is 158 Å². The van der Waals surface area contributed by atoms with Gasteiger partial charge in [-0.3, -0.25) is 0 Å². The molecule has 26 heavy (non-hydrogen) atoms. The standard InChI is InChI=1S/C21H32BNO3/c1-20(2)21(3,4)26-22(25-20)15-9-11-18(12-10-15)24-19-13-16-7-6-8-17(14-19)23(16)5/h9-12,16-17,19H,6-8,13-14H2,1-5H3/t16-,17+,19-. The van der Waals surface area contributed by atoms with Crippen LogP contribution in [-0.2, 0) is 9.31 Å². The second-order valence-electron chi connectivity index (χ2n) is 9.27. The molecule has 0 radical (unpaired) electrons. The third kappa shape index (κ3) is 3.30. The predicted octanol–water partition coefficient (Wildman–Crippen LogP) is 3.38. The number of rotatable bonds is 3. The summed E-state index contributed by atoms with van der Waals surface area (Å²) in [5.41, 5.74) is 0.438. The van der Waals surface area contributed by atoms with Gasteiger partial charge in [-0.2, -0.15) is 0 Å². The fourth-order valence-electron chi connectivity index (χ4n) is 4.54. The molecule has 3 aliphatic rings. The van der Waals surface area contributed by atoms with Gasteiger partial charge in [-0.15, -0.1) is 0 Å². The fraction of sp³-hybridized carbons (Fsp3) is 0.714. The molecule has 2 bridgehead atoms. The maximum Gasteiger partial charge on any atom is 0.494 e. The summed E-state index contributed by atoms with van der Waals surface area (Å²) in [5.74, 6) is 0.956. The van der Waals surface area contributed by atoms with Gasteiger partial charge >= 0.3 is 7.12 Å². The molecule has 3 fully saturated rings. The Morgan fingerprint density at radius 3 is 2.04 bits per heavy atom. The van der Waals surface area contributed by atoms with E-state index in [0.717, 1.165) is 24.1 Å². The lowest BCUT2D eigenvalue weighted by molar-refractivity contribution is 0.000148. The van der Waals surface area contributed by atoms with Crippen LogP contribution in [0.2, 0.25) is 0 Å². The molecule has 1 aromatic rings. The number of benzene rings is 1. The number of hydrogen-bond acceptors (Lipinski definition) is 4. The predicted molar refractivity (Wildman–Crippen MR) is 105 cm³/mol. The average Bonchev–Trinajstić information content (AvgIpc) is 2.77. The van der Waals surface area contributed by atoms with Crippen molar-refractivity contribution in [2.75, 3.05) is 7.05 Å². The van der Waals surface area contributed by atoms with E-state index in [4.69, 9.17) is 14.0 Å². The molecule has 4 nitrogen and oxygen atoms in total. The van der Waals surface area contributed by atoms with Crippen molar-refractivity contribution in [2.45, 2.75) is 89.2 Å². The fourth-order valence-corrected chi connectivity index (χ4v) is 4.54. The van der Waals surface area contributed by atoms with Gasteiger partial charge in [0.15, 0.2) is 0 Å². The lowest BCUT2D eigenvalue weighted by Gasteiger charge is -2.46. The Morgan fingerprint density at radius 1 is 0.962 bits per heavy atom. The van der Waals surface area contributed by atoms with E-state index in [0.29, 0.717) is 18.2 Å². The first-order valence-corrected chi connectivity index (χ1v) is 10.1. The Kier molecular flexibility index (Phi) is 4.61. The van der Waals surface area contributed by atoms with Crippen LogP contribution >= 0.6 is 0 Å². The summed E-state index contributed by atoms with van der Waals surface area (Å²) in [6, 6.07) is 9.66. The first-order valence-electron chi connectivity index (χ1n) is 10.1. The smallest absolute Gasteiger partial charge is 0.490 e. The van der Waals surface area contributed by atoms with Crippen molar-refractivity contribution in [3.8, 4) is 5.75 Å². The van der Waals surface area contributed by atoms with Crippen LogP contribution in [0.25, 0.3) is 0 Å².